The van der Waals surface area contributed by atoms with Crippen LogP contribution in [0.5, 0.6) is 0 Å². The minimum absolute atomic E-state index is 0.141. The van der Waals surface area contributed by atoms with Crippen molar-refractivity contribution in [2.24, 2.45) is 0 Å². The van der Waals surface area contributed by atoms with Crippen molar-refractivity contribution in [1.29, 1.82) is 0 Å². The second-order valence-electron chi connectivity index (χ2n) is 6.42. The summed E-state index contributed by atoms with van der Waals surface area (Å²) >= 11 is 0. The summed E-state index contributed by atoms with van der Waals surface area (Å²) in [7, 11) is 0. The summed E-state index contributed by atoms with van der Waals surface area (Å²) < 4.78 is 5.40. The third-order valence-electron chi connectivity index (χ3n) is 3.50. The quantitative estimate of drug-likeness (QED) is 0.699. The molecule has 2 fully saturated rings. The first kappa shape index (κ1) is 14.0. The number of hydrogen-bond acceptors (Lipinski definition) is 3. The highest BCUT2D eigenvalue weighted by molar-refractivity contribution is 5.76. The van der Waals surface area contributed by atoms with Gasteiger partial charge in [-0.1, -0.05) is 0 Å². The second-order valence-corrected chi connectivity index (χ2v) is 6.42. The number of urea groups is 1. The van der Waals surface area contributed by atoms with Gasteiger partial charge in [0.25, 0.3) is 0 Å². The van der Waals surface area contributed by atoms with Gasteiger partial charge in [0.2, 0.25) is 0 Å². The predicted octanol–water partition coefficient (Wildman–Crippen LogP) is 1.46. The number of nitrogens with zero attached hydrogens (tertiary/aromatic N) is 1. The number of ether oxygens (including phenoxy) is 1. The lowest BCUT2D eigenvalue weighted by Crippen LogP contribution is -2.65. The minimum Gasteiger partial charge on any atom is -0.444 e. The molecule has 2 aliphatic rings. The van der Waals surface area contributed by atoms with E-state index in [4.69, 9.17) is 4.74 Å². The van der Waals surface area contributed by atoms with E-state index >= 15 is 0 Å². The summed E-state index contributed by atoms with van der Waals surface area (Å²) in [4.78, 5) is 25.3. The number of likely N-dealkylation sites (tertiary alicyclic amines) is 1. The van der Waals surface area contributed by atoms with Crippen LogP contribution in [0.1, 0.15) is 40.0 Å². The van der Waals surface area contributed by atoms with E-state index in [1.165, 1.54) is 0 Å². The van der Waals surface area contributed by atoms with Crippen LogP contribution in [0.4, 0.5) is 9.59 Å². The molecule has 19 heavy (non-hydrogen) atoms. The van der Waals surface area contributed by atoms with Gasteiger partial charge in [-0.3, -0.25) is 0 Å². The fourth-order valence-electron chi connectivity index (χ4n) is 2.68. The van der Waals surface area contributed by atoms with Gasteiger partial charge in [0, 0.05) is 19.6 Å². The average Bonchev–Trinajstić information content (AvgIpc) is 2.26. The van der Waals surface area contributed by atoms with Crippen LogP contribution in [0.25, 0.3) is 0 Å². The molecular formula is C13H23N3O3. The van der Waals surface area contributed by atoms with E-state index in [0.717, 1.165) is 19.3 Å². The van der Waals surface area contributed by atoms with Gasteiger partial charge in [-0.15, -0.1) is 0 Å². The fraction of sp³-hybridized carbons (Fsp3) is 0.846. The van der Waals surface area contributed by atoms with Gasteiger partial charge in [-0.2, -0.15) is 0 Å². The van der Waals surface area contributed by atoms with E-state index in [9.17, 15) is 9.59 Å². The molecule has 108 valence electrons. The van der Waals surface area contributed by atoms with Crippen LogP contribution in [-0.2, 0) is 4.74 Å². The normalized spacial score (nSPS) is 27.7. The van der Waals surface area contributed by atoms with Crippen molar-refractivity contribution in [1.82, 2.24) is 15.5 Å². The zero-order valence-corrected chi connectivity index (χ0v) is 11.9. The van der Waals surface area contributed by atoms with Crippen molar-refractivity contribution >= 4 is 12.1 Å². The minimum atomic E-state index is -0.487. The molecule has 0 saturated carbocycles. The van der Waals surface area contributed by atoms with E-state index in [0.29, 0.717) is 19.6 Å². The maximum absolute atomic E-state index is 12.1. The van der Waals surface area contributed by atoms with E-state index in [1.807, 2.05) is 20.8 Å². The number of rotatable bonds is 0. The van der Waals surface area contributed by atoms with Gasteiger partial charge in [0.1, 0.15) is 5.60 Å². The third kappa shape index (κ3) is 3.52. The predicted molar refractivity (Wildman–Crippen MR) is 70.9 cm³/mol. The Bertz CT molecular complexity index is 374. The van der Waals surface area contributed by atoms with Gasteiger partial charge in [-0.25, -0.2) is 9.59 Å². The average molecular weight is 269 g/mol. The van der Waals surface area contributed by atoms with Crippen LogP contribution in [-0.4, -0.2) is 47.8 Å². The summed E-state index contributed by atoms with van der Waals surface area (Å²) in [6.07, 6.45) is 2.36. The number of amides is 3. The Morgan fingerprint density at radius 2 is 2.11 bits per heavy atom. The first-order valence-corrected chi connectivity index (χ1v) is 6.84. The monoisotopic (exact) mass is 269 g/mol. The molecule has 2 rings (SSSR count). The molecule has 0 radical (unpaired) electrons. The van der Waals surface area contributed by atoms with Crippen LogP contribution in [0.15, 0.2) is 0 Å². The van der Waals surface area contributed by atoms with Crippen LogP contribution >= 0.6 is 0 Å². The van der Waals surface area contributed by atoms with Crippen LogP contribution in [0.2, 0.25) is 0 Å². The van der Waals surface area contributed by atoms with Gasteiger partial charge in [0.05, 0.1) is 5.54 Å². The molecule has 6 nitrogen and oxygen atoms in total. The summed E-state index contributed by atoms with van der Waals surface area (Å²) in [6.45, 7) is 7.47. The smallest absolute Gasteiger partial charge is 0.410 e. The van der Waals surface area contributed by atoms with E-state index in [1.54, 1.807) is 4.90 Å². The highest BCUT2D eigenvalue weighted by Gasteiger charge is 2.41. The van der Waals surface area contributed by atoms with Crippen molar-refractivity contribution in [3.63, 3.8) is 0 Å². The Labute approximate surface area is 113 Å². The third-order valence-corrected chi connectivity index (χ3v) is 3.50. The van der Waals surface area contributed by atoms with E-state index in [2.05, 4.69) is 10.6 Å². The molecular weight excluding hydrogens is 246 g/mol. The van der Waals surface area contributed by atoms with Gasteiger partial charge in [-0.05, 0) is 40.0 Å². The molecule has 2 aliphatic heterocycles. The van der Waals surface area contributed by atoms with E-state index in [-0.39, 0.29) is 17.7 Å². The summed E-state index contributed by atoms with van der Waals surface area (Å²) in [5, 5.41) is 5.73. The Hall–Kier alpha value is -1.46. The van der Waals surface area contributed by atoms with Crippen molar-refractivity contribution in [2.45, 2.75) is 51.2 Å². The molecule has 2 heterocycles. The van der Waals surface area contributed by atoms with Crippen molar-refractivity contribution in [3.05, 3.63) is 0 Å². The maximum atomic E-state index is 12.1. The largest absolute Gasteiger partial charge is 0.444 e. The number of hydrogen-bond donors (Lipinski definition) is 2. The standard InChI is InChI=1S/C13H23N3O3/c1-12(2,3)19-11(18)16-8-4-5-13(9-16)6-7-14-10(17)15-13/h4-9H2,1-3H3,(H2,14,15,17). The van der Waals surface area contributed by atoms with Crippen molar-refractivity contribution in [2.75, 3.05) is 19.6 Å². The molecule has 1 spiro atoms. The number of carbonyl (C=O) groups is 2. The number of carbonyl (C=O) groups excluding carboxylic acids is 2. The molecule has 0 aromatic rings. The molecule has 2 N–H and O–H groups in total. The summed E-state index contributed by atoms with van der Waals surface area (Å²) in [5.74, 6) is 0. The molecule has 0 aromatic carbocycles. The molecule has 3 amide bonds. The first-order valence-electron chi connectivity index (χ1n) is 6.84. The maximum Gasteiger partial charge on any atom is 0.410 e. The van der Waals surface area contributed by atoms with Gasteiger partial charge < -0.3 is 20.3 Å². The lowest BCUT2D eigenvalue weighted by molar-refractivity contribution is 0.00995. The zero-order chi connectivity index (χ0) is 14.1. The highest BCUT2D eigenvalue weighted by atomic mass is 16.6. The molecule has 0 aliphatic carbocycles. The Kier molecular flexibility index (Phi) is 3.60. The topological polar surface area (TPSA) is 70.7 Å². The van der Waals surface area contributed by atoms with Gasteiger partial charge >= 0.3 is 12.1 Å². The lowest BCUT2D eigenvalue weighted by Gasteiger charge is -2.45. The molecule has 1 unspecified atom stereocenters. The Morgan fingerprint density at radius 3 is 2.74 bits per heavy atom. The number of nitrogens with one attached hydrogen (secondary N) is 2. The Morgan fingerprint density at radius 1 is 1.37 bits per heavy atom. The summed E-state index contributed by atoms with van der Waals surface area (Å²) in [6, 6.07) is -0.141. The van der Waals surface area contributed by atoms with Crippen LogP contribution < -0.4 is 10.6 Å². The van der Waals surface area contributed by atoms with Crippen molar-refractivity contribution in [3.8, 4) is 0 Å². The summed E-state index contributed by atoms with van der Waals surface area (Å²) in [5.41, 5.74) is -0.767. The molecule has 0 bridgehead atoms. The molecule has 6 heteroatoms. The van der Waals surface area contributed by atoms with Crippen LogP contribution in [0.3, 0.4) is 0 Å². The fourth-order valence-corrected chi connectivity index (χ4v) is 2.68. The molecule has 0 aromatic heterocycles. The number of piperidine rings is 1. The first-order chi connectivity index (χ1) is 8.80. The lowest BCUT2D eigenvalue weighted by atomic mass is 9.85. The second kappa shape index (κ2) is 4.90. The molecule has 2 saturated heterocycles. The van der Waals surface area contributed by atoms with Gasteiger partial charge in [0.15, 0.2) is 0 Å². The zero-order valence-electron chi connectivity index (χ0n) is 11.9. The molecule has 1 atom stereocenters. The van der Waals surface area contributed by atoms with Crippen molar-refractivity contribution < 1.29 is 14.3 Å². The van der Waals surface area contributed by atoms with Crippen LogP contribution in [0, 0.1) is 0 Å². The van der Waals surface area contributed by atoms with E-state index < -0.39 is 5.60 Å². The SMILES string of the molecule is CC(C)(C)OC(=O)N1CCCC2(CCNC(=O)N2)C1. The Balaban J connectivity index is 2.00. The highest BCUT2D eigenvalue weighted by Crippen LogP contribution is 2.27.